The highest BCUT2D eigenvalue weighted by atomic mass is 32.2. The maximum atomic E-state index is 12.5. The van der Waals surface area contributed by atoms with Crippen molar-refractivity contribution in [2.24, 2.45) is 0 Å². The number of hydrogen-bond acceptors (Lipinski definition) is 11. The van der Waals surface area contributed by atoms with Crippen molar-refractivity contribution in [3.8, 4) is 34.1 Å². The van der Waals surface area contributed by atoms with E-state index >= 15 is 0 Å². The molecule has 204 valence electrons. The van der Waals surface area contributed by atoms with Crippen LogP contribution < -0.4 is 24.8 Å². The first kappa shape index (κ1) is 27.0. The first-order valence-corrected chi connectivity index (χ1v) is 13.7. The van der Waals surface area contributed by atoms with Crippen molar-refractivity contribution >= 4 is 33.5 Å². The molecule has 0 spiro atoms. The average molecular weight is 546 g/mol. The first-order valence-electron chi connectivity index (χ1n) is 12.0. The Hall–Kier alpha value is -4.07. The second-order valence-electron chi connectivity index (χ2n) is 8.72. The van der Waals surface area contributed by atoms with Gasteiger partial charge >= 0.3 is 6.01 Å². The number of carbonyl (C=O) groups excluding carboxylic acids is 1. The van der Waals surface area contributed by atoms with E-state index in [1.807, 2.05) is 4.90 Å². The Morgan fingerprint density at radius 3 is 2.47 bits per heavy atom. The van der Waals surface area contributed by atoms with Gasteiger partial charge in [0.2, 0.25) is 15.9 Å². The van der Waals surface area contributed by atoms with Crippen LogP contribution in [-0.4, -0.2) is 80.6 Å². The number of piperazine rings is 1. The van der Waals surface area contributed by atoms with Crippen LogP contribution in [0.25, 0.3) is 22.6 Å². The van der Waals surface area contributed by atoms with Crippen molar-refractivity contribution in [2.75, 3.05) is 61.5 Å². The summed E-state index contributed by atoms with van der Waals surface area (Å²) in [6.07, 6.45) is 1.97. The molecule has 1 aliphatic rings. The summed E-state index contributed by atoms with van der Waals surface area (Å²) in [6, 6.07) is 5.37. The summed E-state index contributed by atoms with van der Waals surface area (Å²) in [5.41, 5.74) is 8.01. The van der Waals surface area contributed by atoms with Gasteiger partial charge in [-0.15, -0.1) is 5.10 Å². The molecule has 3 heterocycles. The number of nitrogens with two attached hydrogens (primary N) is 1. The van der Waals surface area contributed by atoms with Gasteiger partial charge < -0.3 is 29.4 Å². The molecule has 0 bridgehead atoms. The van der Waals surface area contributed by atoms with Gasteiger partial charge in [0, 0.05) is 44.9 Å². The number of carbonyl (C=O) groups is 1. The molecule has 3 N–H and O–H groups in total. The maximum Gasteiger partial charge on any atom is 0.318 e. The zero-order valence-electron chi connectivity index (χ0n) is 21.7. The number of aromatic nitrogens is 3. The Balaban J connectivity index is 1.67. The molecule has 1 saturated heterocycles. The number of nitrogen functional groups attached to an aromatic ring is 1. The third-order valence-electron chi connectivity index (χ3n) is 6.10. The molecule has 3 aromatic rings. The summed E-state index contributed by atoms with van der Waals surface area (Å²) in [4.78, 5) is 19.6. The van der Waals surface area contributed by atoms with E-state index < -0.39 is 10.0 Å². The number of rotatable bonds is 9. The molecular weight excluding hydrogens is 514 g/mol. The standard InChI is InChI=1S/C24H31N7O6S/c1-5-10-38(33,34)29-19-12-16(13-20(35-3)21(19)36-4)18-11-17(14-26-22(18)25)23-27-28-24(37-23)31-8-6-30(7-9-31)15(2)32/h11-14,29H,5-10H2,1-4H3,(H2,25,26). The van der Waals surface area contributed by atoms with Crippen molar-refractivity contribution in [1.82, 2.24) is 20.1 Å². The van der Waals surface area contributed by atoms with E-state index in [1.54, 1.807) is 36.9 Å². The third kappa shape index (κ3) is 5.74. The summed E-state index contributed by atoms with van der Waals surface area (Å²) in [6.45, 7) is 5.63. The highest BCUT2D eigenvalue weighted by Gasteiger charge is 2.24. The zero-order chi connectivity index (χ0) is 27.4. The number of anilines is 3. The van der Waals surface area contributed by atoms with Crippen LogP contribution in [0, 0.1) is 0 Å². The molecule has 0 radical (unpaired) electrons. The predicted molar refractivity (Wildman–Crippen MR) is 143 cm³/mol. The largest absolute Gasteiger partial charge is 0.493 e. The van der Waals surface area contributed by atoms with Crippen molar-refractivity contribution in [3.63, 3.8) is 0 Å². The minimum atomic E-state index is -3.61. The van der Waals surface area contributed by atoms with Crippen LogP contribution in [0.4, 0.5) is 17.5 Å². The van der Waals surface area contributed by atoms with Crippen LogP contribution in [0.5, 0.6) is 11.5 Å². The first-order chi connectivity index (χ1) is 18.2. The molecule has 1 amide bonds. The number of hydrogen-bond donors (Lipinski definition) is 2. The Morgan fingerprint density at radius 2 is 1.84 bits per heavy atom. The molecule has 14 heteroatoms. The molecule has 1 aromatic carbocycles. The van der Waals surface area contributed by atoms with Crippen LogP contribution in [0.2, 0.25) is 0 Å². The number of nitrogens with one attached hydrogen (secondary N) is 1. The monoisotopic (exact) mass is 545 g/mol. The van der Waals surface area contributed by atoms with E-state index in [1.165, 1.54) is 20.4 Å². The van der Waals surface area contributed by atoms with Crippen LogP contribution in [0.15, 0.2) is 28.8 Å². The van der Waals surface area contributed by atoms with E-state index in [2.05, 4.69) is 19.9 Å². The van der Waals surface area contributed by atoms with Gasteiger partial charge in [-0.3, -0.25) is 9.52 Å². The van der Waals surface area contributed by atoms with Gasteiger partial charge in [-0.25, -0.2) is 13.4 Å². The van der Waals surface area contributed by atoms with Crippen LogP contribution >= 0.6 is 0 Å². The van der Waals surface area contributed by atoms with E-state index in [0.717, 1.165) is 0 Å². The van der Waals surface area contributed by atoms with Crippen LogP contribution in [0.1, 0.15) is 20.3 Å². The Labute approximate surface area is 221 Å². The number of nitrogens with zero attached hydrogens (tertiary/aromatic N) is 5. The van der Waals surface area contributed by atoms with Crippen molar-refractivity contribution in [3.05, 3.63) is 24.4 Å². The van der Waals surface area contributed by atoms with Crippen molar-refractivity contribution in [1.29, 1.82) is 0 Å². The molecule has 0 atom stereocenters. The van der Waals surface area contributed by atoms with E-state index in [-0.39, 0.29) is 34.8 Å². The normalized spacial score (nSPS) is 13.9. The molecule has 1 fully saturated rings. The summed E-state index contributed by atoms with van der Waals surface area (Å²) < 4.78 is 44.4. The van der Waals surface area contributed by atoms with Gasteiger partial charge in [0.1, 0.15) is 5.82 Å². The number of benzene rings is 1. The number of ether oxygens (including phenoxy) is 2. The summed E-state index contributed by atoms with van der Waals surface area (Å²) >= 11 is 0. The zero-order valence-corrected chi connectivity index (χ0v) is 22.5. The van der Waals surface area contributed by atoms with E-state index in [9.17, 15) is 13.2 Å². The highest BCUT2D eigenvalue weighted by Crippen LogP contribution is 2.42. The number of methoxy groups -OCH3 is 2. The summed E-state index contributed by atoms with van der Waals surface area (Å²) in [5.74, 6) is 0.993. The number of sulfonamides is 1. The lowest BCUT2D eigenvalue weighted by Crippen LogP contribution is -2.48. The van der Waals surface area contributed by atoms with Gasteiger partial charge in [-0.05, 0) is 30.2 Å². The molecule has 38 heavy (non-hydrogen) atoms. The van der Waals surface area contributed by atoms with E-state index in [0.29, 0.717) is 61.1 Å². The minimum Gasteiger partial charge on any atom is -0.493 e. The topological polar surface area (TPSA) is 166 Å². The number of pyridine rings is 1. The smallest absolute Gasteiger partial charge is 0.318 e. The second-order valence-corrected chi connectivity index (χ2v) is 10.6. The van der Waals surface area contributed by atoms with Crippen LogP contribution in [-0.2, 0) is 14.8 Å². The molecule has 13 nitrogen and oxygen atoms in total. The quantitative estimate of drug-likeness (QED) is 0.405. The lowest BCUT2D eigenvalue weighted by atomic mass is 10.0. The summed E-state index contributed by atoms with van der Waals surface area (Å²) in [7, 11) is -0.723. The average Bonchev–Trinajstić information content (AvgIpc) is 3.38. The van der Waals surface area contributed by atoms with Gasteiger partial charge in [0.05, 0.1) is 31.2 Å². The minimum absolute atomic E-state index is 0.0350. The molecule has 0 aliphatic carbocycles. The van der Waals surface area contributed by atoms with Gasteiger partial charge in [0.25, 0.3) is 5.89 Å². The predicted octanol–water partition coefficient (Wildman–Crippen LogP) is 2.22. The second kappa shape index (κ2) is 11.1. The SMILES string of the molecule is CCCS(=O)(=O)Nc1cc(-c2cc(-c3nnc(N4CCN(C(C)=O)CC4)o3)cnc2N)cc(OC)c1OC. The van der Waals surface area contributed by atoms with Crippen LogP contribution in [0.3, 0.4) is 0 Å². The Bertz CT molecular complexity index is 1420. The molecule has 2 aromatic heterocycles. The molecule has 0 saturated carbocycles. The Morgan fingerprint density at radius 1 is 1.11 bits per heavy atom. The van der Waals surface area contributed by atoms with Crippen molar-refractivity contribution < 1.29 is 27.1 Å². The van der Waals surface area contributed by atoms with Gasteiger partial charge in [-0.2, -0.15) is 0 Å². The number of amides is 1. The fraction of sp³-hybridized carbons (Fsp3) is 0.417. The lowest BCUT2D eigenvalue weighted by Gasteiger charge is -2.32. The molecular formula is C24H31N7O6S. The van der Waals surface area contributed by atoms with Gasteiger partial charge in [-0.1, -0.05) is 12.0 Å². The Kier molecular flexibility index (Phi) is 7.90. The summed E-state index contributed by atoms with van der Waals surface area (Å²) in [5, 5.41) is 8.34. The molecule has 0 unspecified atom stereocenters. The third-order valence-corrected chi connectivity index (χ3v) is 7.58. The fourth-order valence-electron chi connectivity index (χ4n) is 4.18. The van der Waals surface area contributed by atoms with E-state index in [4.69, 9.17) is 19.6 Å². The fourth-order valence-corrected chi connectivity index (χ4v) is 5.31. The molecule has 1 aliphatic heterocycles. The maximum absolute atomic E-state index is 12.5. The molecule has 4 rings (SSSR count). The lowest BCUT2D eigenvalue weighted by molar-refractivity contribution is -0.129. The highest BCUT2D eigenvalue weighted by molar-refractivity contribution is 7.92. The van der Waals surface area contributed by atoms with Gasteiger partial charge in [0.15, 0.2) is 11.5 Å². The van der Waals surface area contributed by atoms with Crippen molar-refractivity contribution in [2.45, 2.75) is 20.3 Å².